The van der Waals surface area contributed by atoms with Crippen LogP contribution in [-0.4, -0.2) is 10.1 Å². The van der Waals surface area contributed by atoms with Crippen LogP contribution in [0.1, 0.15) is 5.56 Å². The van der Waals surface area contributed by atoms with Gasteiger partial charge in [-0.05, 0) is 53.1 Å². The number of aromatic nitrogens is 1. The molecule has 2 aromatic carbocycles. The predicted molar refractivity (Wildman–Crippen MR) is 73.6 cm³/mol. The second-order valence-electron chi connectivity index (χ2n) is 4.50. The largest absolute Gasteiger partial charge is 0.508 e. The predicted octanol–water partition coefficient (Wildman–Crippen LogP) is 3.92. The van der Waals surface area contributed by atoms with Gasteiger partial charge in [-0.1, -0.05) is 18.2 Å². The average molecular weight is 235 g/mol. The molecule has 2 heteroatoms. The second-order valence-corrected chi connectivity index (χ2v) is 4.50. The summed E-state index contributed by atoms with van der Waals surface area (Å²) >= 11 is 0. The van der Waals surface area contributed by atoms with E-state index in [1.807, 2.05) is 31.5 Å². The molecule has 1 heterocycles. The molecule has 1 N–H and O–H groups in total. The van der Waals surface area contributed by atoms with Gasteiger partial charge in [0.1, 0.15) is 5.75 Å². The molecule has 0 aliphatic carbocycles. The molecule has 0 atom stereocenters. The normalized spacial score (nSPS) is 10.7. The highest BCUT2D eigenvalue weighted by molar-refractivity contribution is 5.88. The molecule has 0 saturated carbocycles. The number of nitrogens with zero attached hydrogens (tertiary/aromatic N) is 1. The maximum absolute atomic E-state index is 9.44. The summed E-state index contributed by atoms with van der Waals surface area (Å²) in [4.78, 5) is 4.21. The van der Waals surface area contributed by atoms with Crippen molar-refractivity contribution in [1.29, 1.82) is 0 Å². The monoisotopic (exact) mass is 235 g/mol. The summed E-state index contributed by atoms with van der Waals surface area (Å²) in [7, 11) is 0. The molecule has 3 aromatic rings. The fourth-order valence-electron chi connectivity index (χ4n) is 2.13. The zero-order chi connectivity index (χ0) is 12.5. The highest BCUT2D eigenvalue weighted by Gasteiger charge is 2.01. The van der Waals surface area contributed by atoms with E-state index in [-0.39, 0.29) is 0 Å². The first kappa shape index (κ1) is 10.8. The lowest BCUT2D eigenvalue weighted by Crippen LogP contribution is -1.83. The van der Waals surface area contributed by atoms with Gasteiger partial charge in [-0.15, -0.1) is 0 Å². The van der Waals surface area contributed by atoms with Crippen LogP contribution < -0.4 is 0 Å². The van der Waals surface area contributed by atoms with Crippen molar-refractivity contribution in [2.24, 2.45) is 0 Å². The summed E-state index contributed by atoms with van der Waals surface area (Å²) in [5.74, 6) is 0.299. The fourth-order valence-corrected chi connectivity index (χ4v) is 2.13. The third-order valence-electron chi connectivity index (χ3n) is 3.03. The molecule has 2 nitrogen and oxygen atoms in total. The van der Waals surface area contributed by atoms with E-state index < -0.39 is 0 Å². The van der Waals surface area contributed by atoms with Crippen molar-refractivity contribution in [3.8, 4) is 16.9 Å². The summed E-state index contributed by atoms with van der Waals surface area (Å²) in [6.07, 6.45) is 3.72. The van der Waals surface area contributed by atoms with Crippen molar-refractivity contribution < 1.29 is 5.11 Å². The van der Waals surface area contributed by atoms with Crippen molar-refractivity contribution in [3.05, 3.63) is 60.4 Å². The van der Waals surface area contributed by atoms with E-state index in [4.69, 9.17) is 0 Å². The highest BCUT2D eigenvalue weighted by Crippen LogP contribution is 2.26. The quantitative estimate of drug-likeness (QED) is 0.693. The maximum atomic E-state index is 9.44. The minimum absolute atomic E-state index is 0.299. The first-order valence-corrected chi connectivity index (χ1v) is 5.87. The number of rotatable bonds is 1. The summed E-state index contributed by atoms with van der Waals surface area (Å²) in [5.41, 5.74) is 3.41. The van der Waals surface area contributed by atoms with Crippen LogP contribution in [0, 0.1) is 6.92 Å². The van der Waals surface area contributed by atoms with Crippen LogP contribution in [0.15, 0.2) is 54.9 Å². The Morgan fingerprint density at radius 2 is 1.61 bits per heavy atom. The third-order valence-corrected chi connectivity index (χ3v) is 3.03. The van der Waals surface area contributed by atoms with E-state index in [0.717, 1.165) is 27.5 Å². The molecule has 0 fully saturated rings. The molecule has 3 rings (SSSR count). The van der Waals surface area contributed by atoms with Crippen molar-refractivity contribution in [1.82, 2.24) is 4.98 Å². The molecular formula is C16H13NO. The van der Waals surface area contributed by atoms with Gasteiger partial charge in [0.2, 0.25) is 0 Å². The summed E-state index contributed by atoms with van der Waals surface area (Å²) in [5, 5.41) is 11.6. The van der Waals surface area contributed by atoms with Crippen LogP contribution in [0.25, 0.3) is 21.9 Å². The molecule has 88 valence electrons. The van der Waals surface area contributed by atoms with Crippen LogP contribution in [0.4, 0.5) is 0 Å². The number of aryl methyl sites for hydroxylation is 1. The number of fused-ring (bicyclic) bond motifs is 1. The van der Waals surface area contributed by atoms with Crippen LogP contribution >= 0.6 is 0 Å². The Balaban J connectivity index is 2.16. The number of hydrogen-bond donors (Lipinski definition) is 1. The molecule has 0 radical (unpaired) electrons. The van der Waals surface area contributed by atoms with Gasteiger partial charge in [0, 0.05) is 18.0 Å². The molecule has 18 heavy (non-hydrogen) atoms. The van der Waals surface area contributed by atoms with Crippen LogP contribution in [0.3, 0.4) is 0 Å². The van der Waals surface area contributed by atoms with E-state index in [2.05, 4.69) is 23.2 Å². The van der Waals surface area contributed by atoms with Crippen LogP contribution in [0.2, 0.25) is 0 Å². The zero-order valence-electron chi connectivity index (χ0n) is 10.1. The molecule has 0 aliphatic rings. The average Bonchev–Trinajstić information content (AvgIpc) is 2.38. The van der Waals surface area contributed by atoms with Gasteiger partial charge >= 0.3 is 0 Å². The second kappa shape index (κ2) is 4.15. The molecule has 0 saturated heterocycles. The van der Waals surface area contributed by atoms with E-state index in [1.54, 1.807) is 12.1 Å². The molecule has 0 aliphatic heterocycles. The van der Waals surface area contributed by atoms with Gasteiger partial charge in [-0.3, -0.25) is 4.98 Å². The Morgan fingerprint density at radius 1 is 0.833 bits per heavy atom. The highest BCUT2D eigenvalue weighted by atomic mass is 16.3. The van der Waals surface area contributed by atoms with E-state index in [0.29, 0.717) is 5.75 Å². The molecule has 1 aromatic heterocycles. The summed E-state index contributed by atoms with van der Waals surface area (Å²) in [6.45, 7) is 2.04. The Hall–Kier alpha value is -2.35. The summed E-state index contributed by atoms with van der Waals surface area (Å²) < 4.78 is 0. The fraction of sp³-hybridized carbons (Fsp3) is 0.0625. The Kier molecular flexibility index (Phi) is 2.49. The molecule has 0 bridgehead atoms. The van der Waals surface area contributed by atoms with Crippen LogP contribution in [-0.2, 0) is 0 Å². The lowest BCUT2D eigenvalue weighted by atomic mass is 10.0. The number of phenolic OH excluding ortho intramolecular Hbond substituents is 1. The van der Waals surface area contributed by atoms with E-state index in [1.165, 1.54) is 0 Å². The van der Waals surface area contributed by atoms with Crippen molar-refractivity contribution in [3.63, 3.8) is 0 Å². The van der Waals surface area contributed by atoms with Gasteiger partial charge < -0.3 is 5.11 Å². The Labute approximate surface area is 106 Å². The smallest absolute Gasteiger partial charge is 0.116 e. The zero-order valence-corrected chi connectivity index (χ0v) is 10.1. The number of phenols is 1. The van der Waals surface area contributed by atoms with Crippen LogP contribution in [0.5, 0.6) is 5.75 Å². The lowest BCUT2D eigenvalue weighted by molar-refractivity contribution is 0.476. The van der Waals surface area contributed by atoms with Gasteiger partial charge in [0.15, 0.2) is 0 Å². The topological polar surface area (TPSA) is 33.1 Å². The Bertz CT molecular complexity index is 719. The standard InChI is InChI=1S/C16H13NO/c1-11-6-15(10-17-9-11)13-2-3-14-8-16(18)5-4-12(14)7-13/h2-10,18H,1H3. The number of hydrogen-bond acceptors (Lipinski definition) is 2. The number of pyridine rings is 1. The number of benzene rings is 2. The third kappa shape index (κ3) is 1.93. The van der Waals surface area contributed by atoms with E-state index in [9.17, 15) is 5.11 Å². The molecular weight excluding hydrogens is 222 g/mol. The summed E-state index contributed by atoms with van der Waals surface area (Å²) in [6, 6.07) is 13.7. The minimum Gasteiger partial charge on any atom is -0.508 e. The number of aromatic hydroxyl groups is 1. The minimum atomic E-state index is 0.299. The van der Waals surface area contributed by atoms with Crippen molar-refractivity contribution >= 4 is 10.8 Å². The van der Waals surface area contributed by atoms with Gasteiger partial charge in [0.05, 0.1) is 0 Å². The first-order valence-electron chi connectivity index (χ1n) is 5.87. The van der Waals surface area contributed by atoms with Crippen molar-refractivity contribution in [2.75, 3.05) is 0 Å². The maximum Gasteiger partial charge on any atom is 0.116 e. The first-order chi connectivity index (χ1) is 8.72. The molecule has 0 amide bonds. The molecule has 0 spiro atoms. The Morgan fingerprint density at radius 3 is 2.44 bits per heavy atom. The molecule has 0 unspecified atom stereocenters. The lowest BCUT2D eigenvalue weighted by Gasteiger charge is -2.05. The van der Waals surface area contributed by atoms with Gasteiger partial charge in [-0.2, -0.15) is 0 Å². The van der Waals surface area contributed by atoms with E-state index >= 15 is 0 Å². The van der Waals surface area contributed by atoms with Gasteiger partial charge in [-0.25, -0.2) is 0 Å². The van der Waals surface area contributed by atoms with Gasteiger partial charge in [0.25, 0.3) is 0 Å². The SMILES string of the molecule is Cc1cncc(-c2ccc3cc(O)ccc3c2)c1. The van der Waals surface area contributed by atoms with Crippen molar-refractivity contribution in [2.45, 2.75) is 6.92 Å².